The van der Waals surface area contributed by atoms with Gasteiger partial charge in [0.05, 0.1) is 18.0 Å². The number of azo groups is 1. The van der Waals surface area contributed by atoms with E-state index in [4.69, 9.17) is 9.47 Å². The average Bonchev–Trinajstić information content (AvgIpc) is 3.32. The third-order valence-electron chi connectivity index (χ3n) is 5.01. The Balaban J connectivity index is 1.97. The molecule has 0 aliphatic heterocycles. The van der Waals surface area contributed by atoms with E-state index in [2.05, 4.69) is 53.1 Å². The third kappa shape index (κ3) is 6.56. The SMILES string of the molecule is COCCCNc1nc(NCCCOC)c(N=Nc2nn(-c3cnccn3)cc2C#N)c(C)c1C#N. The molecule has 3 aromatic rings. The fourth-order valence-corrected chi connectivity index (χ4v) is 3.19. The van der Waals surface area contributed by atoms with Crippen molar-refractivity contribution in [3.05, 3.63) is 41.5 Å². The molecule has 3 heterocycles. The number of ether oxygens (including phenoxy) is 2. The molecule has 0 bridgehead atoms. The van der Waals surface area contributed by atoms with Crippen LogP contribution in [0.15, 0.2) is 35.0 Å². The summed E-state index contributed by atoms with van der Waals surface area (Å²) in [5.74, 6) is 1.44. The van der Waals surface area contributed by atoms with Gasteiger partial charge < -0.3 is 20.1 Å². The van der Waals surface area contributed by atoms with Gasteiger partial charge in [0.25, 0.3) is 0 Å². The highest BCUT2D eigenvalue weighted by Crippen LogP contribution is 2.35. The van der Waals surface area contributed by atoms with Gasteiger partial charge in [-0.15, -0.1) is 15.3 Å². The molecule has 3 rings (SSSR count). The van der Waals surface area contributed by atoms with Gasteiger partial charge in [0.1, 0.15) is 29.2 Å². The van der Waals surface area contributed by atoms with Crippen LogP contribution in [0, 0.1) is 29.6 Å². The maximum atomic E-state index is 9.82. The van der Waals surface area contributed by atoms with Crippen LogP contribution in [0.4, 0.5) is 23.1 Å². The molecular formula is C23H27N11O2. The van der Waals surface area contributed by atoms with Crippen LogP contribution in [-0.4, -0.2) is 65.3 Å². The van der Waals surface area contributed by atoms with Crippen LogP contribution in [0.2, 0.25) is 0 Å². The van der Waals surface area contributed by atoms with Crippen molar-refractivity contribution in [1.29, 1.82) is 10.5 Å². The second kappa shape index (κ2) is 13.4. The van der Waals surface area contributed by atoms with E-state index < -0.39 is 0 Å². The van der Waals surface area contributed by atoms with E-state index in [1.165, 1.54) is 23.3 Å². The van der Waals surface area contributed by atoms with Crippen LogP contribution in [0.5, 0.6) is 0 Å². The Morgan fingerprint density at radius 2 is 1.72 bits per heavy atom. The molecule has 0 radical (unpaired) electrons. The van der Waals surface area contributed by atoms with Gasteiger partial charge in [-0.25, -0.2) is 14.6 Å². The van der Waals surface area contributed by atoms with Crippen molar-refractivity contribution in [2.45, 2.75) is 19.8 Å². The number of anilines is 2. The summed E-state index contributed by atoms with van der Waals surface area (Å²) in [6.45, 7) is 4.10. The number of aromatic nitrogens is 5. The number of nitriles is 2. The van der Waals surface area contributed by atoms with Gasteiger partial charge in [0, 0.05) is 58.5 Å². The highest BCUT2D eigenvalue weighted by Gasteiger charge is 2.18. The normalized spacial score (nSPS) is 10.8. The van der Waals surface area contributed by atoms with E-state index in [0.717, 1.165) is 12.8 Å². The van der Waals surface area contributed by atoms with Gasteiger partial charge in [-0.3, -0.25) is 4.98 Å². The Kier molecular flexibility index (Phi) is 9.76. The standard InChI is InChI=1S/C23H27N11O2/c1-16-18(13-25)22(28-6-4-10-35-2)30-23(29-7-5-11-36-3)20(16)31-32-21-17(12-24)15-34(33-21)19-14-26-8-9-27-19/h8-9,14-15H,4-7,10-11H2,1-3H3,(H2,28,29,30). The summed E-state index contributed by atoms with van der Waals surface area (Å²) < 4.78 is 11.6. The minimum absolute atomic E-state index is 0.105. The zero-order valence-electron chi connectivity index (χ0n) is 20.4. The Morgan fingerprint density at radius 1 is 1.00 bits per heavy atom. The predicted molar refractivity (Wildman–Crippen MR) is 132 cm³/mol. The molecule has 0 saturated heterocycles. The van der Waals surface area contributed by atoms with E-state index >= 15 is 0 Å². The number of hydrogen-bond donors (Lipinski definition) is 2. The molecule has 36 heavy (non-hydrogen) atoms. The average molecular weight is 490 g/mol. The maximum absolute atomic E-state index is 9.82. The number of pyridine rings is 1. The second-order valence-corrected chi connectivity index (χ2v) is 7.50. The first kappa shape index (κ1) is 26.2. The third-order valence-corrected chi connectivity index (χ3v) is 5.01. The molecule has 2 N–H and O–H groups in total. The van der Waals surface area contributed by atoms with Crippen LogP contribution in [0.25, 0.3) is 5.82 Å². The molecule has 0 spiro atoms. The summed E-state index contributed by atoms with van der Waals surface area (Å²) in [7, 11) is 3.28. The summed E-state index contributed by atoms with van der Waals surface area (Å²) in [6, 6.07) is 4.26. The number of hydrogen-bond acceptors (Lipinski definition) is 12. The lowest BCUT2D eigenvalue weighted by Gasteiger charge is -2.15. The lowest BCUT2D eigenvalue weighted by molar-refractivity contribution is 0.197. The van der Waals surface area contributed by atoms with Gasteiger partial charge in [0.15, 0.2) is 11.6 Å². The topological polar surface area (TPSA) is 171 Å². The minimum Gasteiger partial charge on any atom is -0.385 e. The molecular weight excluding hydrogens is 462 g/mol. The van der Waals surface area contributed by atoms with Gasteiger partial charge >= 0.3 is 0 Å². The lowest BCUT2D eigenvalue weighted by atomic mass is 10.1. The van der Waals surface area contributed by atoms with E-state index in [-0.39, 0.29) is 11.4 Å². The van der Waals surface area contributed by atoms with Crippen molar-refractivity contribution in [1.82, 2.24) is 24.7 Å². The highest BCUT2D eigenvalue weighted by atomic mass is 16.5. The molecule has 0 aliphatic rings. The first-order valence-electron chi connectivity index (χ1n) is 11.2. The predicted octanol–water partition coefficient (Wildman–Crippen LogP) is 3.42. The quantitative estimate of drug-likeness (QED) is 0.268. The van der Waals surface area contributed by atoms with Crippen LogP contribution >= 0.6 is 0 Å². The molecule has 13 nitrogen and oxygen atoms in total. The molecule has 3 aromatic heterocycles. The molecule has 0 aliphatic carbocycles. The summed E-state index contributed by atoms with van der Waals surface area (Å²) in [4.78, 5) is 12.8. The largest absolute Gasteiger partial charge is 0.385 e. The van der Waals surface area contributed by atoms with Crippen molar-refractivity contribution in [3.63, 3.8) is 0 Å². The van der Waals surface area contributed by atoms with Crippen LogP contribution in [-0.2, 0) is 9.47 Å². The summed E-state index contributed by atoms with van der Waals surface area (Å²) in [5, 5.41) is 38.7. The molecule has 0 fully saturated rings. The van der Waals surface area contributed by atoms with Gasteiger partial charge in [-0.2, -0.15) is 10.5 Å². The Bertz CT molecular complexity index is 1260. The molecule has 13 heteroatoms. The Labute approximate surface area is 208 Å². The summed E-state index contributed by atoms with van der Waals surface area (Å²) >= 11 is 0. The first-order chi connectivity index (χ1) is 17.6. The van der Waals surface area contributed by atoms with Gasteiger partial charge in [0.2, 0.25) is 5.82 Å². The summed E-state index contributed by atoms with van der Waals surface area (Å²) in [5.41, 5.74) is 1.53. The van der Waals surface area contributed by atoms with E-state index in [9.17, 15) is 10.5 Å². The van der Waals surface area contributed by atoms with Gasteiger partial charge in [-0.1, -0.05) is 0 Å². The smallest absolute Gasteiger partial charge is 0.213 e. The lowest BCUT2D eigenvalue weighted by Crippen LogP contribution is -2.12. The molecule has 0 aromatic carbocycles. The molecule has 186 valence electrons. The highest BCUT2D eigenvalue weighted by molar-refractivity contribution is 5.74. The second-order valence-electron chi connectivity index (χ2n) is 7.50. The molecule has 0 atom stereocenters. The fraction of sp³-hybridized carbons (Fsp3) is 0.391. The first-order valence-corrected chi connectivity index (χ1v) is 11.2. The van der Waals surface area contributed by atoms with Crippen molar-refractivity contribution >= 4 is 23.1 Å². The van der Waals surface area contributed by atoms with E-state index in [1.807, 2.05) is 0 Å². The van der Waals surface area contributed by atoms with E-state index in [1.54, 1.807) is 27.3 Å². The Hall–Kier alpha value is -4.46. The van der Waals surface area contributed by atoms with Crippen molar-refractivity contribution in [2.75, 3.05) is 51.2 Å². The molecule has 0 amide bonds. The zero-order chi connectivity index (χ0) is 25.8. The monoisotopic (exact) mass is 489 g/mol. The minimum atomic E-state index is 0.105. The van der Waals surface area contributed by atoms with Crippen LogP contribution < -0.4 is 10.6 Å². The van der Waals surface area contributed by atoms with Crippen molar-refractivity contribution in [3.8, 4) is 18.0 Å². The van der Waals surface area contributed by atoms with Gasteiger partial charge in [-0.05, 0) is 19.8 Å². The number of nitrogens with one attached hydrogen (secondary N) is 2. The van der Waals surface area contributed by atoms with Crippen LogP contribution in [0.1, 0.15) is 29.5 Å². The zero-order valence-corrected chi connectivity index (χ0v) is 20.4. The van der Waals surface area contributed by atoms with Crippen molar-refractivity contribution < 1.29 is 9.47 Å². The Morgan fingerprint density at radius 3 is 2.33 bits per heavy atom. The van der Waals surface area contributed by atoms with Crippen LogP contribution in [0.3, 0.4) is 0 Å². The number of rotatable bonds is 13. The number of nitrogens with zero attached hydrogens (tertiary/aromatic N) is 9. The summed E-state index contributed by atoms with van der Waals surface area (Å²) in [6.07, 6.45) is 7.58. The molecule has 0 unspecified atom stereocenters. The van der Waals surface area contributed by atoms with E-state index in [0.29, 0.717) is 60.6 Å². The molecule has 0 saturated carbocycles. The van der Waals surface area contributed by atoms with Crippen molar-refractivity contribution in [2.24, 2.45) is 10.2 Å². The fourth-order valence-electron chi connectivity index (χ4n) is 3.19. The number of methoxy groups -OCH3 is 2. The maximum Gasteiger partial charge on any atom is 0.213 e.